The Morgan fingerprint density at radius 1 is 0.347 bits per heavy atom. The van der Waals surface area contributed by atoms with Crippen molar-refractivity contribution in [3.05, 3.63) is 319 Å². The van der Waals surface area contributed by atoms with Crippen LogP contribution in [0.15, 0.2) is 242 Å². The first kappa shape index (κ1) is 71.9. The zero-order chi connectivity index (χ0) is 71.5. The summed E-state index contributed by atoms with van der Waals surface area (Å²) in [6, 6.07) is 58.5. The summed E-state index contributed by atoms with van der Waals surface area (Å²) in [5, 5.41) is 58.2. The van der Waals surface area contributed by atoms with E-state index in [1.54, 1.807) is 91.0 Å². The minimum Gasteiger partial charge on any atom is -0.423 e. The first-order valence-corrected chi connectivity index (χ1v) is 34.9. The van der Waals surface area contributed by atoms with Crippen LogP contribution in [-0.4, -0.2) is 86.9 Å². The van der Waals surface area contributed by atoms with E-state index in [1.165, 1.54) is 83.9 Å². The lowest BCUT2D eigenvalue weighted by atomic mass is 9.79. The Kier molecular flexibility index (Phi) is 22.7. The van der Waals surface area contributed by atoms with Gasteiger partial charge in [-0.3, -0.25) is 0 Å². The lowest BCUT2D eigenvalue weighted by Crippen LogP contribution is -2.28. The zero-order valence-corrected chi connectivity index (χ0v) is 55.6. The Morgan fingerprint density at radius 3 is 1.04 bits per heavy atom. The Balaban J connectivity index is 0.000000127. The molecule has 496 valence electrons. The largest absolute Gasteiger partial charge is 0.491 e. The molecule has 5 heterocycles. The van der Waals surface area contributed by atoms with Crippen molar-refractivity contribution in [2.75, 3.05) is 0 Å². The number of rotatable bonds is 10. The highest BCUT2D eigenvalue weighted by molar-refractivity contribution is 7.91. The molecule has 2 unspecified atom stereocenters. The summed E-state index contributed by atoms with van der Waals surface area (Å²) in [6.07, 6.45) is 0.0691. The summed E-state index contributed by atoms with van der Waals surface area (Å²) < 4.78 is 88.1. The average Bonchev–Trinajstić information content (AvgIpc) is 1.55. The molecule has 0 bridgehead atoms. The van der Waals surface area contributed by atoms with Crippen LogP contribution >= 0.6 is 0 Å². The van der Waals surface area contributed by atoms with Gasteiger partial charge in [-0.05, 0) is 120 Å². The van der Waals surface area contributed by atoms with Gasteiger partial charge in [-0.15, -0.1) is 0 Å². The molecule has 0 saturated carbocycles. The van der Waals surface area contributed by atoms with Gasteiger partial charge in [0.2, 0.25) is 19.7 Å². The fourth-order valence-electron chi connectivity index (χ4n) is 11.2. The fourth-order valence-corrected chi connectivity index (χ4v) is 14.9. The minimum atomic E-state index is -3.64. The molecule has 2 atom stereocenters. The number of sulfone groups is 2. The molecule has 0 fully saturated rings. The topological polar surface area (TPSA) is 275 Å². The number of hydrogen-bond acceptors (Lipinski definition) is 16. The summed E-state index contributed by atoms with van der Waals surface area (Å²) >= 11 is 0. The standard InChI is InChI=1S/C15H12BNO3.C15H12BNO2.2C14H10BNO4S.C14H10BNO3S/c1-17-13-5-2-10(3-6-13)15(18)11-4-7-14-12(8-11)9-20-16(14)19;1-17-14-5-2-11(3-6-14)8-12-4-7-15-13(9-12)10-19-16(15)18;2*1-16-11-2-4-12(5-3-11)21(18,19)13-6-7-14-10(8-13)9-20-15(14)17;1-16-11-2-4-12(5-3-11)20(18)13-6-7-14-10(8-13)9-19-15(14)17/h2-8,15,18-19H,9H2;2-7,9,18H,8,10H2;2*2-8,17H,9H2;2-8,17H,9H2. The monoisotopic (exact) mass is 1400 g/mol. The predicted octanol–water partition coefficient (Wildman–Crippen LogP) is 7.78. The molecule has 0 spiro atoms. The van der Waals surface area contributed by atoms with Gasteiger partial charge in [0.1, 0.15) is 6.10 Å². The molecule has 101 heavy (non-hydrogen) atoms. The van der Waals surface area contributed by atoms with Crippen molar-refractivity contribution in [2.45, 2.75) is 74.9 Å². The highest BCUT2D eigenvalue weighted by atomic mass is 32.2. The number of aliphatic hydroxyl groups excluding tert-OH is 1. The Morgan fingerprint density at radius 2 is 0.634 bits per heavy atom. The van der Waals surface area contributed by atoms with E-state index in [1.807, 2.05) is 42.5 Å². The van der Waals surface area contributed by atoms with Crippen molar-refractivity contribution in [2.24, 2.45) is 0 Å². The van der Waals surface area contributed by atoms with Crippen molar-refractivity contribution in [1.82, 2.24) is 0 Å². The predicted molar refractivity (Wildman–Crippen MR) is 380 cm³/mol. The highest BCUT2D eigenvalue weighted by Gasteiger charge is 2.33. The van der Waals surface area contributed by atoms with Gasteiger partial charge in [0, 0.05) is 9.79 Å². The van der Waals surface area contributed by atoms with Crippen molar-refractivity contribution in [1.29, 1.82) is 0 Å². The number of aliphatic hydroxyl groups is 1. The molecule has 29 heteroatoms. The van der Waals surface area contributed by atoms with Gasteiger partial charge >= 0.3 is 35.6 Å². The molecule has 6 N–H and O–H groups in total. The Hall–Kier alpha value is -10.4. The van der Waals surface area contributed by atoms with Gasteiger partial charge in [0.15, 0.2) is 28.4 Å². The quantitative estimate of drug-likeness (QED) is 0.0563. The van der Waals surface area contributed by atoms with Crippen LogP contribution in [0.25, 0.3) is 24.2 Å². The van der Waals surface area contributed by atoms with Gasteiger partial charge in [0.05, 0.1) is 96.3 Å². The maximum absolute atomic E-state index is 12.5. The van der Waals surface area contributed by atoms with Gasteiger partial charge in [-0.2, -0.15) is 0 Å². The third-order valence-electron chi connectivity index (χ3n) is 16.7. The number of nitrogens with zero attached hydrogens (tertiary/aromatic N) is 5. The van der Waals surface area contributed by atoms with E-state index >= 15 is 0 Å². The molecule has 5 aliphatic heterocycles. The van der Waals surface area contributed by atoms with E-state index < -0.39 is 72.2 Å². The summed E-state index contributed by atoms with van der Waals surface area (Å²) in [5.74, 6) is 0. The molecule has 15 rings (SSSR count). The van der Waals surface area contributed by atoms with E-state index in [2.05, 4.69) is 30.3 Å². The van der Waals surface area contributed by atoms with E-state index in [0.29, 0.717) is 80.1 Å². The fraction of sp³-hybridized carbons (Fsp3) is 0.0972. The van der Waals surface area contributed by atoms with E-state index in [0.717, 1.165) is 50.6 Å². The van der Waals surface area contributed by atoms with Crippen molar-refractivity contribution in [3.8, 4) is 0 Å². The molecule has 10 aromatic carbocycles. The third kappa shape index (κ3) is 16.6. The number of benzene rings is 10. The maximum Gasteiger partial charge on any atom is 0.491 e. The van der Waals surface area contributed by atoms with E-state index in [9.17, 15) is 51.3 Å². The Bertz CT molecular complexity index is 5100. The van der Waals surface area contributed by atoms with Crippen molar-refractivity contribution < 1.29 is 74.5 Å². The van der Waals surface area contributed by atoms with Crippen LogP contribution in [0, 0.1) is 32.9 Å². The third-order valence-corrected chi connectivity index (χ3v) is 21.6. The molecule has 0 saturated heterocycles. The van der Waals surface area contributed by atoms with E-state index in [4.69, 9.17) is 56.1 Å². The minimum absolute atomic E-state index is 0.134. The number of hydrogen-bond donors (Lipinski definition) is 6. The molecule has 10 aromatic rings. The molecule has 21 nitrogen and oxygen atoms in total. The molecular weight excluding hydrogens is 1340 g/mol. The average molecular weight is 1400 g/mol. The van der Waals surface area contributed by atoms with Gasteiger partial charge < -0.3 is 53.5 Å². The summed E-state index contributed by atoms with van der Waals surface area (Å²) in [6.45, 7) is 36.0. The summed E-state index contributed by atoms with van der Waals surface area (Å²) in [7, 11) is -13.1. The number of fused-ring (bicyclic) bond motifs is 5. The summed E-state index contributed by atoms with van der Waals surface area (Å²) in [5.41, 5.74) is 14.0. The Labute approximate surface area is 587 Å². The second-order valence-corrected chi connectivity index (χ2v) is 28.4. The molecule has 5 aliphatic rings. The smallest absolute Gasteiger partial charge is 0.423 e. The second-order valence-electron chi connectivity index (χ2n) is 23.0. The maximum atomic E-state index is 12.5. The first-order valence-electron chi connectivity index (χ1n) is 30.8. The molecular formula is C72H54B5N5O16S3. The molecule has 0 aromatic heterocycles. The molecule has 0 amide bonds. The van der Waals surface area contributed by atoms with Crippen LogP contribution < -0.4 is 27.3 Å². The molecule has 0 radical (unpaired) electrons. The van der Waals surface area contributed by atoms with Crippen LogP contribution in [0.1, 0.15) is 56.2 Å². The summed E-state index contributed by atoms with van der Waals surface area (Å²) in [4.78, 5) is 18.4. The van der Waals surface area contributed by atoms with Crippen LogP contribution in [-0.2, 0) is 93.2 Å². The SMILES string of the molecule is [C-]#[N+]c1ccc(C(O)c2ccc3c(c2)COB3O)cc1.[C-]#[N+]c1ccc(Cc2ccc3c(c2)COB3O)cc1.[C-]#[N+]c1ccc(S(=O)(=O)c2ccc3c(c2)COB3O)cc1.[C-]#[N+]c1ccc(S(=O)(=O)c2ccc3c(c2)COB3O)cc1.[C-]#[N+]c1ccc(S(=O)c2ccc3c(c2)COB3O)cc1. The molecule has 0 aliphatic carbocycles. The van der Waals surface area contributed by atoms with Crippen LogP contribution in [0.4, 0.5) is 28.4 Å². The van der Waals surface area contributed by atoms with Gasteiger partial charge in [0.25, 0.3) is 0 Å². The van der Waals surface area contributed by atoms with Crippen LogP contribution in [0.5, 0.6) is 0 Å². The highest BCUT2D eigenvalue weighted by Crippen LogP contribution is 2.30. The van der Waals surface area contributed by atoms with E-state index in [-0.39, 0.29) is 32.8 Å². The first-order chi connectivity index (χ1) is 48.7. The van der Waals surface area contributed by atoms with Crippen LogP contribution in [0.3, 0.4) is 0 Å². The zero-order valence-electron chi connectivity index (χ0n) is 53.1. The van der Waals surface area contributed by atoms with Crippen LogP contribution in [0.2, 0.25) is 0 Å². The lowest BCUT2D eigenvalue weighted by Gasteiger charge is -2.13. The normalized spacial score (nSPS) is 14.0. The van der Waals surface area contributed by atoms with Gasteiger partial charge in [-0.25, -0.2) is 45.3 Å². The van der Waals surface area contributed by atoms with Gasteiger partial charge in [-0.1, -0.05) is 176 Å². The van der Waals surface area contributed by atoms with Crippen molar-refractivity contribution in [3.63, 3.8) is 0 Å². The lowest BCUT2D eigenvalue weighted by molar-refractivity contribution is 0.220. The van der Waals surface area contributed by atoms with Crippen molar-refractivity contribution >= 4 is 122 Å². The second kappa shape index (κ2) is 31.8.